The number of ketones is 1. The maximum atomic E-state index is 13.4. The Morgan fingerprint density at radius 1 is 1.19 bits per heavy atom. The number of carbonyl (C=O) groups excluding carboxylic acids is 2. The molecule has 1 fully saturated rings. The Bertz CT molecular complexity index is 1130. The van der Waals surface area contributed by atoms with Crippen LogP contribution < -0.4 is 0 Å². The fraction of sp³-hybridized carbons (Fsp3) is 0.593. The molecule has 9 heteroatoms. The molecule has 0 bridgehead atoms. The van der Waals surface area contributed by atoms with E-state index in [2.05, 4.69) is 11.3 Å². The minimum Gasteiger partial charge on any atom is -0.480 e. The molecule has 1 aromatic carbocycles. The van der Waals surface area contributed by atoms with Crippen molar-refractivity contribution < 1.29 is 27.5 Å². The Morgan fingerprint density at radius 2 is 1.86 bits per heavy atom. The lowest BCUT2D eigenvalue weighted by Gasteiger charge is -2.42. The van der Waals surface area contributed by atoms with E-state index in [4.69, 9.17) is 9.47 Å². The number of amides is 1. The van der Waals surface area contributed by atoms with Gasteiger partial charge in [-0.25, -0.2) is 4.79 Å². The Morgan fingerprint density at radius 3 is 2.44 bits per heavy atom. The van der Waals surface area contributed by atoms with E-state index < -0.39 is 33.2 Å². The van der Waals surface area contributed by atoms with Gasteiger partial charge in [-0.1, -0.05) is 43.5 Å². The number of nitrogens with zero attached hydrogens (tertiary/aromatic N) is 2. The SMILES string of the molecule is CCCC[C@@]12C=CC(=O)C[C@@H]1[C@@H](/C(=N\S(=O)(=O)c1ccc(C)cc1)OCC)CN2C(=O)OC(C)(C)C. The zero-order valence-corrected chi connectivity index (χ0v) is 22.9. The van der Waals surface area contributed by atoms with Crippen LogP contribution >= 0.6 is 0 Å². The third-order valence-electron chi connectivity index (χ3n) is 6.67. The molecule has 1 aliphatic carbocycles. The summed E-state index contributed by atoms with van der Waals surface area (Å²) in [6.07, 6.45) is 5.36. The molecule has 0 N–H and O–H groups in total. The lowest BCUT2D eigenvalue weighted by atomic mass is 9.71. The maximum absolute atomic E-state index is 13.4. The van der Waals surface area contributed by atoms with Gasteiger partial charge in [-0.15, -0.1) is 4.40 Å². The molecule has 1 aliphatic heterocycles. The van der Waals surface area contributed by atoms with Crippen molar-refractivity contribution in [2.75, 3.05) is 13.2 Å². The van der Waals surface area contributed by atoms with Gasteiger partial charge in [0.25, 0.3) is 10.0 Å². The number of sulfonamides is 1. The number of aryl methyl sites for hydroxylation is 1. The molecule has 0 saturated carbocycles. The molecule has 0 radical (unpaired) electrons. The first-order valence-corrected chi connectivity index (χ1v) is 14.0. The number of benzene rings is 1. The fourth-order valence-corrected chi connectivity index (χ4v) is 6.01. The first-order chi connectivity index (χ1) is 16.8. The number of rotatable bonds is 7. The van der Waals surface area contributed by atoms with Gasteiger partial charge < -0.3 is 9.47 Å². The van der Waals surface area contributed by atoms with E-state index in [1.165, 1.54) is 18.2 Å². The van der Waals surface area contributed by atoms with Gasteiger partial charge in [0, 0.05) is 18.9 Å². The van der Waals surface area contributed by atoms with Crippen LogP contribution in [0.1, 0.15) is 65.9 Å². The van der Waals surface area contributed by atoms with E-state index in [1.807, 2.05) is 6.92 Å². The Balaban J connectivity index is 2.11. The second-order valence-corrected chi connectivity index (χ2v) is 12.2. The second kappa shape index (κ2) is 10.7. The quantitative estimate of drug-likeness (QED) is 0.369. The van der Waals surface area contributed by atoms with E-state index >= 15 is 0 Å². The predicted molar refractivity (Wildman–Crippen MR) is 138 cm³/mol. The van der Waals surface area contributed by atoms with Crippen molar-refractivity contribution in [2.24, 2.45) is 16.2 Å². The molecule has 198 valence electrons. The van der Waals surface area contributed by atoms with Crippen molar-refractivity contribution in [3.63, 3.8) is 0 Å². The van der Waals surface area contributed by atoms with Crippen LogP contribution in [0.2, 0.25) is 0 Å². The van der Waals surface area contributed by atoms with Crippen LogP contribution in [0, 0.1) is 18.8 Å². The standard InChI is InChI=1S/C27H38N2O6S/c1-7-9-15-27-16-14-20(30)17-23(27)22(18-29(27)25(31)35-26(4,5)6)24(34-8-2)28-36(32,33)21-12-10-19(3)11-13-21/h10-14,16,22-23H,7-9,15,17-18H2,1-6H3/b28-24+/t22-,23+,27+/m0/s1. The monoisotopic (exact) mass is 518 g/mol. The average molecular weight is 519 g/mol. The van der Waals surface area contributed by atoms with Crippen molar-refractivity contribution in [1.82, 2.24) is 4.90 Å². The van der Waals surface area contributed by atoms with Gasteiger partial charge in [-0.3, -0.25) is 9.69 Å². The summed E-state index contributed by atoms with van der Waals surface area (Å²) >= 11 is 0. The largest absolute Gasteiger partial charge is 0.480 e. The van der Waals surface area contributed by atoms with Crippen LogP contribution in [-0.2, 0) is 24.3 Å². The van der Waals surface area contributed by atoms with Crippen LogP contribution in [0.4, 0.5) is 4.79 Å². The molecule has 36 heavy (non-hydrogen) atoms. The van der Waals surface area contributed by atoms with Gasteiger partial charge in [0.15, 0.2) is 5.78 Å². The Kier molecular flexibility index (Phi) is 8.33. The topological polar surface area (TPSA) is 102 Å². The molecule has 3 rings (SSSR count). The lowest BCUT2D eigenvalue weighted by Crippen LogP contribution is -2.52. The summed E-state index contributed by atoms with van der Waals surface area (Å²) in [6.45, 7) is 11.4. The van der Waals surface area contributed by atoms with Crippen molar-refractivity contribution in [3.8, 4) is 0 Å². The van der Waals surface area contributed by atoms with Crippen molar-refractivity contribution >= 4 is 27.8 Å². The predicted octanol–water partition coefficient (Wildman–Crippen LogP) is 5.06. The third kappa shape index (κ3) is 5.99. The molecular weight excluding hydrogens is 480 g/mol. The van der Waals surface area contributed by atoms with Crippen molar-refractivity contribution in [1.29, 1.82) is 0 Å². The van der Waals surface area contributed by atoms with Crippen LogP contribution in [0.5, 0.6) is 0 Å². The number of likely N-dealkylation sites (tertiary alicyclic amines) is 1. The fourth-order valence-electron chi connectivity index (χ4n) is 5.00. The van der Waals surface area contributed by atoms with E-state index in [-0.39, 0.29) is 42.1 Å². The number of fused-ring (bicyclic) bond motifs is 1. The highest BCUT2D eigenvalue weighted by Crippen LogP contribution is 2.49. The second-order valence-electron chi connectivity index (χ2n) is 10.6. The summed E-state index contributed by atoms with van der Waals surface area (Å²) in [5.74, 6) is -1.01. The van der Waals surface area contributed by atoms with Gasteiger partial charge in [-0.2, -0.15) is 8.42 Å². The van der Waals surface area contributed by atoms with Gasteiger partial charge in [0.1, 0.15) is 5.60 Å². The van der Waals surface area contributed by atoms with Gasteiger partial charge in [0.2, 0.25) is 5.90 Å². The Hall–Kier alpha value is -2.68. The molecule has 2 aliphatic rings. The number of ether oxygens (including phenoxy) is 2. The van der Waals surface area contributed by atoms with Gasteiger partial charge in [0.05, 0.1) is 23.0 Å². The number of unbranched alkanes of at least 4 members (excludes halogenated alkanes) is 1. The van der Waals surface area contributed by atoms with Crippen LogP contribution in [0.25, 0.3) is 0 Å². The zero-order valence-electron chi connectivity index (χ0n) is 22.1. The smallest absolute Gasteiger partial charge is 0.411 e. The Labute approximate surface area is 214 Å². The number of hydrogen-bond acceptors (Lipinski definition) is 6. The van der Waals surface area contributed by atoms with Crippen molar-refractivity contribution in [2.45, 2.75) is 83.3 Å². The molecular formula is C27H38N2O6S. The average Bonchev–Trinajstić information content (AvgIpc) is 3.11. The highest BCUT2D eigenvalue weighted by Gasteiger charge is 2.58. The highest BCUT2D eigenvalue weighted by molar-refractivity contribution is 7.90. The highest BCUT2D eigenvalue weighted by atomic mass is 32.2. The van der Waals surface area contributed by atoms with E-state index in [9.17, 15) is 18.0 Å². The van der Waals surface area contributed by atoms with Crippen LogP contribution in [0.15, 0.2) is 45.7 Å². The minimum atomic E-state index is -4.07. The third-order valence-corrected chi connectivity index (χ3v) is 7.96. The molecule has 0 aromatic heterocycles. The molecule has 1 saturated heterocycles. The van der Waals surface area contributed by atoms with E-state index in [0.717, 1.165) is 18.4 Å². The summed E-state index contributed by atoms with van der Waals surface area (Å²) in [5.41, 5.74) is -0.571. The van der Waals surface area contributed by atoms with E-state index in [0.29, 0.717) is 6.42 Å². The molecule has 0 unspecified atom stereocenters. The van der Waals surface area contributed by atoms with Crippen LogP contribution in [0.3, 0.4) is 0 Å². The molecule has 3 atom stereocenters. The van der Waals surface area contributed by atoms with Crippen LogP contribution in [-0.4, -0.2) is 55.4 Å². The number of carbonyl (C=O) groups is 2. The molecule has 8 nitrogen and oxygen atoms in total. The first-order valence-electron chi connectivity index (χ1n) is 12.6. The minimum absolute atomic E-state index is 0.0260. The summed E-state index contributed by atoms with van der Waals surface area (Å²) in [4.78, 5) is 27.7. The molecule has 1 amide bonds. The van der Waals surface area contributed by atoms with Crippen molar-refractivity contribution in [3.05, 3.63) is 42.0 Å². The summed E-state index contributed by atoms with van der Waals surface area (Å²) in [7, 11) is -4.07. The zero-order chi connectivity index (χ0) is 26.7. The summed E-state index contributed by atoms with van der Waals surface area (Å²) < 4.78 is 42.1. The first kappa shape index (κ1) is 27.9. The molecule has 0 spiro atoms. The summed E-state index contributed by atoms with van der Waals surface area (Å²) in [6, 6.07) is 6.45. The molecule has 1 aromatic rings. The summed E-state index contributed by atoms with van der Waals surface area (Å²) in [5, 5.41) is 0. The van der Waals surface area contributed by atoms with Gasteiger partial charge >= 0.3 is 6.09 Å². The van der Waals surface area contributed by atoms with Gasteiger partial charge in [-0.05, 0) is 59.2 Å². The normalized spacial score (nSPS) is 24.6. The number of hydrogen-bond donors (Lipinski definition) is 0. The number of allylic oxidation sites excluding steroid dienone is 1. The van der Waals surface area contributed by atoms with E-state index in [1.54, 1.807) is 50.8 Å². The maximum Gasteiger partial charge on any atom is 0.411 e. The lowest BCUT2D eigenvalue weighted by molar-refractivity contribution is -0.117. The molecule has 1 heterocycles.